The second-order valence-corrected chi connectivity index (χ2v) is 3.21. The molecule has 0 spiro atoms. The fourth-order valence-corrected chi connectivity index (χ4v) is 1.19. The third-order valence-electron chi connectivity index (χ3n) is 1.37. The van der Waals surface area contributed by atoms with Crippen molar-refractivity contribution in [2.24, 2.45) is 0 Å². The average molecular weight is 223 g/mol. The third kappa shape index (κ3) is 9.84. The molecule has 13 heavy (non-hydrogen) atoms. The van der Waals surface area contributed by atoms with Gasteiger partial charge in [-0.25, -0.2) is 0 Å². The first-order valence-corrected chi connectivity index (χ1v) is 6.54. The Hall–Kier alpha value is -0.0800. The lowest BCUT2D eigenvalue weighted by Gasteiger charge is -2.10. The summed E-state index contributed by atoms with van der Waals surface area (Å²) in [5.41, 5.74) is 0. The molecular formula is C8H18NO2PS. The highest BCUT2D eigenvalue weighted by Gasteiger charge is 2.10. The molecule has 3 nitrogen and oxygen atoms in total. The van der Waals surface area contributed by atoms with Crippen molar-refractivity contribution < 1.29 is 9.59 Å². The average Bonchev–Trinajstić information content (AvgIpc) is 2.15. The summed E-state index contributed by atoms with van der Waals surface area (Å²) >= 11 is 1.67. The van der Waals surface area contributed by atoms with Crippen molar-refractivity contribution in [1.82, 2.24) is 5.32 Å². The second-order valence-electron chi connectivity index (χ2n) is 2.23. The van der Waals surface area contributed by atoms with Crippen molar-refractivity contribution >= 4 is 33.2 Å². The summed E-state index contributed by atoms with van der Waals surface area (Å²) in [6.45, 7) is 3.40. The lowest BCUT2D eigenvalue weighted by molar-refractivity contribution is -0.121. The minimum Gasteiger partial charge on any atom is -0.349 e. The van der Waals surface area contributed by atoms with Gasteiger partial charge in [-0.15, -0.1) is 9.24 Å². The molecule has 2 atom stereocenters. The predicted molar refractivity (Wildman–Crippen MR) is 62.3 cm³/mol. The first-order chi connectivity index (χ1) is 6.22. The van der Waals surface area contributed by atoms with E-state index in [1.54, 1.807) is 11.8 Å². The van der Waals surface area contributed by atoms with Crippen LogP contribution in [0.5, 0.6) is 0 Å². The van der Waals surface area contributed by atoms with Gasteiger partial charge in [-0.2, -0.15) is 11.8 Å². The summed E-state index contributed by atoms with van der Waals surface area (Å²) in [7, 11) is 2.42. The summed E-state index contributed by atoms with van der Waals surface area (Å²) in [5, 5.41) is 2.47. The molecule has 0 aromatic carbocycles. The monoisotopic (exact) mass is 223 g/mol. The quantitative estimate of drug-likeness (QED) is 0.538. The molecule has 78 valence electrons. The zero-order valence-electron chi connectivity index (χ0n) is 8.37. The number of rotatable bonds is 6. The van der Waals surface area contributed by atoms with Crippen molar-refractivity contribution in [2.45, 2.75) is 19.4 Å². The summed E-state index contributed by atoms with van der Waals surface area (Å²) in [4.78, 5) is 20.8. The maximum atomic E-state index is 10.8. The molecule has 1 N–H and O–H groups in total. The van der Waals surface area contributed by atoms with Crippen LogP contribution < -0.4 is 5.32 Å². The third-order valence-corrected chi connectivity index (χ3v) is 2.01. The van der Waals surface area contributed by atoms with Crippen LogP contribution in [0.2, 0.25) is 0 Å². The molecule has 0 fully saturated rings. The summed E-state index contributed by atoms with van der Waals surface area (Å²) < 4.78 is 0. The second kappa shape index (κ2) is 11.9. The molecule has 0 saturated carbocycles. The van der Waals surface area contributed by atoms with Gasteiger partial charge >= 0.3 is 0 Å². The Bertz CT molecular complexity index is 144. The van der Waals surface area contributed by atoms with E-state index in [0.29, 0.717) is 6.41 Å². The molecule has 2 unspecified atom stereocenters. The standard InChI is InChI=1S/C7H13NO2S.CH5P/c1-6(10)7(8-5-9)3-4-11-2;1-2/h5,7H,3-4H2,1-2H3,(H,8,9);2H2,1H3. The summed E-state index contributed by atoms with van der Waals surface area (Å²) in [6.07, 6.45) is 3.26. The van der Waals surface area contributed by atoms with Crippen LogP contribution in [-0.4, -0.2) is 36.9 Å². The minimum atomic E-state index is -0.292. The van der Waals surface area contributed by atoms with Crippen molar-refractivity contribution in [2.75, 3.05) is 18.7 Å². The zero-order valence-corrected chi connectivity index (χ0v) is 10.3. The van der Waals surface area contributed by atoms with Gasteiger partial charge in [0.15, 0.2) is 5.78 Å². The molecule has 0 aliphatic heterocycles. The van der Waals surface area contributed by atoms with Crippen LogP contribution in [-0.2, 0) is 9.59 Å². The Labute approximate surface area is 86.6 Å². The molecule has 5 heteroatoms. The Morgan fingerprint density at radius 1 is 1.62 bits per heavy atom. The van der Waals surface area contributed by atoms with Crippen molar-refractivity contribution in [3.63, 3.8) is 0 Å². The molecule has 0 aliphatic carbocycles. The van der Waals surface area contributed by atoms with Crippen LogP contribution in [0, 0.1) is 0 Å². The van der Waals surface area contributed by atoms with Gasteiger partial charge < -0.3 is 5.32 Å². The highest BCUT2D eigenvalue weighted by molar-refractivity contribution is 7.98. The first-order valence-electron chi connectivity index (χ1n) is 3.99. The normalized spacial score (nSPS) is 10.8. The molecule has 0 bridgehead atoms. The molecular weight excluding hydrogens is 205 g/mol. The van der Waals surface area contributed by atoms with Gasteiger partial charge in [-0.3, -0.25) is 9.59 Å². The van der Waals surface area contributed by atoms with E-state index in [4.69, 9.17) is 0 Å². The van der Waals surface area contributed by atoms with E-state index in [1.165, 1.54) is 6.92 Å². The van der Waals surface area contributed by atoms with Crippen LogP contribution in [0.1, 0.15) is 13.3 Å². The van der Waals surface area contributed by atoms with E-state index in [1.807, 2.05) is 12.9 Å². The van der Waals surface area contributed by atoms with Crippen molar-refractivity contribution in [3.05, 3.63) is 0 Å². The number of hydrogen-bond donors (Lipinski definition) is 1. The number of Topliss-reactive ketones (excluding diaryl/α,β-unsaturated/α-hetero) is 1. The molecule has 0 saturated heterocycles. The lowest BCUT2D eigenvalue weighted by Crippen LogP contribution is -2.34. The van der Waals surface area contributed by atoms with Crippen LogP contribution in [0.15, 0.2) is 0 Å². The van der Waals surface area contributed by atoms with Crippen LogP contribution in [0.3, 0.4) is 0 Å². The van der Waals surface area contributed by atoms with Crippen molar-refractivity contribution in [1.29, 1.82) is 0 Å². The predicted octanol–water partition coefficient (Wildman–Crippen LogP) is 0.934. The highest BCUT2D eigenvalue weighted by atomic mass is 32.2. The fraction of sp³-hybridized carbons (Fsp3) is 0.750. The smallest absolute Gasteiger partial charge is 0.207 e. The largest absolute Gasteiger partial charge is 0.349 e. The first kappa shape index (κ1) is 15.4. The zero-order chi connectivity index (χ0) is 10.7. The van der Waals surface area contributed by atoms with E-state index in [2.05, 4.69) is 14.6 Å². The Balaban J connectivity index is 0. The molecule has 0 radical (unpaired) electrons. The fourth-order valence-electron chi connectivity index (χ4n) is 0.722. The van der Waals surface area contributed by atoms with E-state index < -0.39 is 0 Å². The molecule has 0 heterocycles. The molecule has 0 aromatic rings. The maximum Gasteiger partial charge on any atom is 0.207 e. The van der Waals surface area contributed by atoms with Gasteiger partial charge in [0.05, 0.1) is 6.04 Å². The maximum absolute atomic E-state index is 10.8. The number of carbonyl (C=O) groups is 2. The van der Waals surface area contributed by atoms with Gasteiger partial charge in [0.2, 0.25) is 6.41 Å². The number of ketones is 1. The molecule has 0 aliphatic rings. The van der Waals surface area contributed by atoms with E-state index >= 15 is 0 Å². The van der Waals surface area contributed by atoms with Gasteiger partial charge in [-0.05, 0) is 25.4 Å². The number of thioether (sulfide) groups is 1. The van der Waals surface area contributed by atoms with Crippen molar-refractivity contribution in [3.8, 4) is 0 Å². The van der Waals surface area contributed by atoms with Crippen LogP contribution in [0.25, 0.3) is 0 Å². The van der Waals surface area contributed by atoms with E-state index in [-0.39, 0.29) is 11.8 Å². The number of carbonyl (C=O) groups excluding carboxylic acids is 2. The topological polar surface area (TPSA) is 46.2 Å². The Kier molecular flexibility index (Phi) is 14.1. The number of amides is 1. The summed E-state index contributed by atoms with van der Waals surface area (Å²) in [5.74, 6) is 0.914. The minimum absolute atomic E-state index is 0.0196. The number of nitrogens with one attached hydrogen (secondary N) is 1. The van der Waals surface area contributed by atoms with Gasteiger partial charge in [0.25, 0.3) is 0 Å². The van der Waals surface area contributed by atoms with E-state index in [0.717, 1.165) is 12.2 Å². The molecule has 0 rings (SSSR count). The van der Waals surface area contributed by atoms with Crippen LogP contribution >= 0.6 is 21.0 Å². The molecule has 1 amide bonds. The molecule has 0 aromatic heterocycles. The Morgan fingerprint density at radius 2 is 2.15 bits per heavy atom. The van der Waals surface area contributed by atoms with Crippen LogP contribution in [0.4, 0.5) is 0 Å². The van der Waals surface area contributed by atoms with E-state index in [9.17, 15) is 9.59 Å². The Morgan fingerprint density at radius 3 is 2.46 bits per heavy atom. The highest BCUT2D eigenvalue weighted by Crippen LogP contribution is 2.00. The SMILES string of the molecule is CP.CSCCC(NC=O)C(C)=O. The van der Waals surface area contributed by atoms with Gasteiger partial charge in [-0.1, -0.05) is 6.66 Å². The van der Waals surface area contributed by atoms with Gasteiger partial charge in [0, 0.05) is 0 Å². The lowest BCUT2D eigenvalue weighted by atomic mass is 10.1. The number of hydrogen-bond acceptors (Lipinski definition) is 3. The summed E-state index contributed by atoms with van der Waals surface area (Å²) in [6, 6.07) is -0.292. The van der Waals surface area contributed by atoms with Gasteiger partial charge in [0.1, 0.15) is 0 Å².